The second-order valence-corrected chi connectivity index (χ2v) is 15.5. The zero-order chi connectivity index (χ0) is 28.9. The Kier molecular flexibility index (Phi) is 7.27. The minimum atomic E-state index is -1.41. The third-order valence-corrected chi connectivity index (χ3v) is 13.5. The van der Waals surface area contributed by atoms with E-state index in [1.807, 2.05) is 0 Å². The number of rotatable bonds is 3. The van der Waals surface area contributed by atoms with Gasteiger partial charge < -0.3 is 39.4 Å². The first-order valence-electron chi connectivity index (χ1n) is 16.5. The molecule has 16 atom stereocenters. The van der Waals surface area contributed by atoms with Gasteiger partial charge in [0.05, 0.1) is 25.4 Å². The number of hydrogen-bond donors (Lipinski definition) is 4. The third kappa shape index (κ3) is 4.29. The number of ether oxygens (including phenoxy) is 4. The van der Waals surface area contributed by atoms with Gasteiger partial charge in [-0.15, -0.1) is 0 Å². The van der Waals surface area contributed by atoms with Gasteiger partial charge in [-0.05, 0) is 91.8 Å². The zero-order valence-electron chi connectivity index (χ0n) is 25.3. The minimum absolute atomic E-state index is 0.129. The van der Waals surface area contributed by atoms with Crippen LogP contribution in [-0.2, 0) is 18.9 Å². The summed E-state index contributed by atoms with van der Waals surface area (Å²) in [5.74, 6) is 3.28. The molecule has 3 aliphatic heterocycles. The van der Waals surface area contributed by atoms with Gasteiger partial charge in [-0.2, -0.15) is 0 Å². The van der Waals surface area contributed by atoms with Gasteiger partial charge in [0, 0.05) is 12.3 Å². The lowest BCUT2D eigenvalue weighted by Crippen LogP contribution is -2.60. The molecule has 0 amide bonds. The molecular formula is C33H52O8. The van der Waals surface area contributed by atoms with Crippen molar-refractivity contribution < 1.29 is 39.4 Å². The van der Waals surface area contributed by atoms with Crippen LogP contribution in [0.15, 0.2) is 11.6 Å². The molecule has 4 N–H and O–H groups in total. The van der Waals surface area contributed by atoms with Crippen LogP contribution in [0.25, 0.3) is 0 Å². The monoisotopic (exact) mass is 576 g/mol. The maximum atomic E-state index is 10.5. The van der Waals surface area contributed by atoms with Crippen molar-refractivity contribution in [1.82, 2.24) is 0 Å². The van der Waals surface area contributed by atoms with Crippen LogP contribution in [0.5, 0.6) is 0 Å². The average molecular weight is 577 g/mol. The Morgan fingerprint density at radius 1 is 0.976 bits per heavy atom. The Morgan fingerprint density at radius 3 is 2.51 bits per heavy atom. The fraction of sp³-hybridized carbons (Fsp3) is 0.939. The van der Waals surface area contributed by atoms with Crippen molar-refractivity contribution in [2.75, 3.05) is 13.2 Å². The van der Waals surface area contributed by atoms with Crippen molar-refractivity contribution in [3.8, 4) is 0 Å². The van der Waals surface area contributed by atoms with Gasteiger partial charge >= 0.3 is 0 Å². The van der Waals surface area contributed by atoms with Crippen LogP contribution in [0.2, 0.25) is 0 Å². The van der Waals surface area contributed by atoms with E-state index in [1.54, 1.807) is 0 Å². The molecule has 7 aliphatic rings. The van der Waals surface area contributed by atoms with E-state index >= 15 is 0 Å². The maximum Gasteiger partial charge on any atom is 0.186 e. The van der Waals surface area contributed by atoms with Crippen LogP contribution in [0.3, 0.4) is 0 Å². The molecule has 3 saturated carbocycles. The van der Waals surface area contributed by atoms with Crippen LogP contribution in [-0.4, -0.2) is 82.3 Å². The second kappa shape index (κ2) is 10.2. The first kappa shape index (κ1) is 29.1. The molecule has 6 fully saturated rings. The van der Waals surface area contributed by atoms with E-state index in [-0.39, 0.29) is 17.3 Å². The van der Waals surface area contributed by atoms with Crippen LogP contribution in [0.1, 0.15) is 85.5 Å². The fourth-order valence-electron chi connectivity index (χ4n) is 11.1. The molecule has 3 heterocycles. The summed E-state index contributed by atoms with van der Waals surface area (Å²) in [6, 6.07) is 0. The molecule has 8 heteroatoms. The molecule has 0 aromatic carbocycles. The van der Waals surface area contributed by atoms with E-state index in [0.717, 1.165) is 45.1 Å². The van der Waals surface area contributed by atoms with Gasteiger partial charge in [0.2, 0.25) is 0 Å². The molecule has 1 spiro atoms. The molecule has 2 unspecified atom stereocenters. The maximum absolute atomic E-state index is 10.5. The molecule has 8 nitrogen and oxygen atoms in total. The lowest BCUT2D eigenvalue weighted by molar-refractivity contribution is -0.313. The van der Waals surface area contributed by atoms with E-state index in [2.05, 4.69) is 33.8 Å². The Labute approximate surface area is 244 Å². The van der Waals surface area contributed by atoms with Gasteiger partial charge in [-0.25, -0.2) is 0 Å². The Balaban J connectivity index is 1.05. The Hall–Kier alpha value is -0.580. The van der Waals surface area contributed by atoms with Gasteiger partial charge in [0.15, 0.2) is 12.1 Å². The van der Waals surface area contributed by atoms with Crippen molar-refractivity contribution in [2.45, 2.75) is 134 Å². The highest BCUT2D eigenvalue weighted by molar-refractivity contribution is 5.26. The molecule has 0 bridgehead atoms. The predicted molar refractivity (Wildman–Crippen MR) is 150 cm³/mol. The highest BCUT2D eigenvalue weighted by atomic mass is 16.7. The van der Waals surface area contributed by atoms with E-state index in [0.29, 0.717) is 47.0 Å². The average Bonchev–Trinajstić information content (AvgIpc) is 3.40. The van der Waals surface area contributed by atoms with Crippen molar-refractivity contribution in [1.29, 1.82) is 0 Å². The van der Waals surface area contributed by atoms with Gasteiger partial charge in [-0.1, -0.05) is 39.3 Å². The van der Waals surface area contributed by atoms with Crippen molar-refractivity contribution in [3.63, 3.8) is 0 Å². The molecule has 7 rings (SSSR count). The molecule has 0 aromatic heterocycles. The molecule has 41 heavy (non-hydrogen) atoms. The van der Waals surface area contributed by atoms with Gasteiger partial charge in [0.1, 0.15) is 24.4 Å². The molecule has 3 saturated heterocycles. The normalized spacial score (nSPS) is 58.3. The Bertz CT molecular complexity index is 1020. The summed E-state index contributed by atoms with van der Waals surface area (Å²) >= 11 is 0. The topological polar surface area (TPSA) is 118 Å². The summed E-state index contributed by atoms with van der Waals surface area (Å²) < 4.78 is 25.3. The van der Waals surface area contributed by atoms with Crippen molar-refractivity contribution in [3.05, 3.63) is 11.6 Å². The number of allylic oxidation sites excluding steroid dienone is 1. The number of fused-ring (bicyclic) bond motifs is 7. The summed E-state index contributed by atoms with van der Waals surface area (Å²) in [6.45, 7) is 10.1. The molecule has 0 aromatic rings. The predicted octanol–water partition coefficient (Wildman–Crippen LogP) is 3.54. The minimum Gasteiger partial charge on any atom is -0.394 e. The van der Waals surface area contributed by atoms with E-state index in [1.165, 1.54) is 24.8 Å². The van der Waals surface area contributed by atoms with Gasteiger partial charge in [0.25, 0.3) is 0 Å². The first-order valence-corrected chi connectivity index (χ1v) is 16.5. The quantitative estimate of drug-likeness (QED) is 0.377. The second-order valence-electron chi connectivity index (χ2n) is 15.5. The third-order valence-electron chi connectivity index (χ3n) is 13.5. The number of aliphatic hydroxyl groups excluding tert-OH is 4. The Morgan fingerprint density at radius 2 is 1.78 bits per heavy atom. The van der Waals surface area contributed by atoms with E-state index in [9.17, 15) is 20.4 Å². The largest absolute Gasteiger partial charge is 0.394 e. The molecular weight excluding hydrogens is 524 g/mol. The standard InChI is InChI=1S/C33H52O8/c1-17-7-12-33(38-16-17)18(2)26-24(41-33)14-23-21-6-5-19-13-20(8-10-31(19,3)22(21)9-11-32(23,26)4)39-30-29(37)28(36)27(35)25(15-34)40-30/h5,17-18,20-30,34-37H,6-16H2,1-4H3/t17?,18-,20?,21+,22-,23-,24-,25+,26-,27+,28-,29+,30+,31-,32-,33+/m0/s1. The number of aliphatic hydroxyl groups is 4. The van der Waals surface area contributed by atoms with E-state index < -0.39 is 37.3 Å². The summed E-state index contributed by atoms with van der Waals surface area (Å²) in [7, 11) is 0. The summed E-state index contributed by atoms with van der Waals surface area (Å²) in [5, 5.41) is 40.4. The van der Waals surface area contributed by atoms with Crippen LogP contribution < -0.4 is 0 Å². The van der Waals surface area contributed by atoms with Crippen molar-refractivity contribution in [2.24, 2.45) is 46.3 Å². The summed E-state index contributed by atoms with van der Waals surface area (Å²) in [4.78, 5) is 0. The summed E-state index contributed by atoms with van der Waals surface area (Å²) in [5.41, 5.74) is 1.91. The smallest absolute Gasteiger partial charge is 0.186 e. The molecule has 0 radical (unpaired) electrons. The van der Waals surface area contributed by atoms with Gasteiger partial charge in [-0.3, -0.25) is 0 Å². The SMILES string of the molecule is CC1CC[C@@]2(OC1)O[C@H]1C[C@H]3[C@@H]4CC=C5CC(O[C@@H]6O[C@H](CO)[C@@H](O)[C@H](O)[C@H]6O)CC[C@]5(C)[C@H]4CC[C@]3(C)[C@H]1[C@@H]2C. The lowest BCUT2D eigenvalue weighted by atomic mass is 9.47. The molecule has 232 valence electrons. The molecule has 4 aliphatic carbocycles. The van der Waals surface area contributed by atoms with E-state index in [4.69, 9.17) is 18.9 Å². The number of hydrogen-bond acceptors (Lipinski definition) is 8. The highest BCUT2D eigenvalue weighted by Gasteiger charge is 2.68. The van der Waals surface area contributed by atoms with Crippen LogP contribution in [0.4, 0.5) is 0 Å². The fourth-order valence-corrected chi connectivity index (χ4v) is 11.1. The first-order chi connectivity index (χ1) is 19.5. The van der Waals surface area contributed by atoms with Crippen LogP contribution >= 0.6 is 0 Å². The van der Waals surface area contributed by atoms with Crippen LogP contribution in [0, 0.1) is 46.3 Å². The zero-order valence-corrected chi connectivity index (χ0v) is 25.3. The lowest BCUT2D eigenvalue weighted by Gasteiger charge is -2.58. The summed E-state index contributed by atoms with van der Waals surface area (Å²) in [6.07, 6.45) is 6.24. The van der Waals surface area contributed by atoms with Crippen molar-refractivity contribution >= 4 is 0 Å². The highest BCUT2D eigenvalue weighted by Crippen LogP contribution is 2.70.